The van der Waals surface area contributed by atoms with Crippen LogP contribution in [0.25, 0.3) is 0 Å². The molecule has 0 aromatic heterocycles. The molecule has 5 heteroatoms. The summed E-state index contributed by atoms with van der Waals surface area (Å²) < 4.78 is 4.96. The van der Waals surface area contributed by atoms with E-state index in [2.05, 4.69) is 5.32 Å². The molecule has 0 saturated carbocycles. The quantitative estimate of drug-likeness (QED) is 0.657. The maximum absolute atomic E-state index is 11.8. The van der Waals surface area contributed by atoms with Gasteiger partial charge in [-0.3, -0.25) is 9.59 Å². The van der Waals surface area contributed by atoms with Gasteiger partial charge in [-0.15, -0.1) is 0 Å². The van der Waals surface area contributed by atoms with Crippen molar-refractivity contribution in [3.8, 4) is 0 Å². The van der Waals surface area contributed by atoms with E-state index < -0.39 is 5.97 Å². The summed E-state index contributed by atoms with van der Waals surface area (Å²) in [7, 11) is 0. The smallest absolute Gasteiger partial charge is 0.338 e. The van der Waals surface area contributed by atoms with E-state index in [0.717, 1.165) is 5.56 Å². The van der Waals surface area contributed by atoms with Crippen LogP contribution in [0, 0.1) is 0 Å². The average Bonchev–Trinajstić information content (AvgIpc) is 2.60. The molecule has 23 heavy (non-hydrogen) atoms. The van der Waals surface area contributed by atoms with Gasteiger partial charge in [-0.05, 0) is 24.6 Å². The molecule has 1 atom stereocenters. The Labute approximate surface area is 134 Å². The van der Waals surface area contributed by atoms with Crippen molar-refractivity contribution in [2.45, 2.75) is 13.0 Å². The molecular weight excluding hydrogens is 294 g/mol. The Kier molecular flexibility index (Phi) is 5.63. The van der Waals surface area contributed by atoms with Crippen molar-refractivity contribution >= 4 is 18.2 Å². The maximum atomic E-state index is 11.8. The summed E-state index contributed by atoms with van der Waals surface area (Å²) in [5.74, 6) is -0.982. The van der Waals surface area contributed by atoms with Crippen LogP contribution in [0.3, 0.4) is 0 Å². The van der Waals surface area contributed by atoms with E-state index in [1.165, 1.54) is 24.3 Å². The molecular formula is C18H17NO4. The Morgan fingerprint density at radius 2 is 1.74 bits per heavy atom. The molecule has 118 valence electrons. The fraction of sp³-hybridized carbons (Fsp3) is 0.167. The standard InChI is InChI=1S/C18H17NO4/c1-13(15-5-3-2-4-6-15)19-17(21)12-23-18(22)16-9-7-14(11-20)8-10-16/h2-11,13H,12H2,1H3,(H,19,21)/t13-/m1/s1. The summed E-state index contributed by atoms with van der Waals surface area (Å²) in [6, 6.07) is 15.3. The van der Waals surface area contributed by atoms with Gasteiger partial charge in [-0.2, -0.15) is 0 Å². The summed E-state index contributed by atoms with van der Waals surface area (Å²) >= 11 is 0. The Morgan fingerprint density at radius 1 is 1.09 bits per heavy atom. The first-order valence-electron chi connectivity index (χ1n) is 7.17. The first kappa shape index (κ1) is 16.4. The van der Waals surface area contributed by atoms with Gasteiger partial charge in [0, 0.05) is 5.56 Å². The minimum absolute atomic E-state index is 0.172. The number of hydrogen-bond acceptors (Lipinski definition) is 4. The van der Waals surface area contributed by atoms with E-state index in [0.29, 0.717) is 17.4 Å². The van der Waals surface area contributed by atoms with Gasteiger partial charge < -0.3 is 10.1 Å². The molecule has 0 aliphatic heterocycles. The third kappa shape index (κ3) is 4.78. The zero-order valence-corrected chi connectivity index (χ0v) is 12.7. The number of carbonyl (C=O) groups is 3. The fourth-order valence-corrected chi connectivity index (χ4v) is 2.02. The molecule has 0 bridgehead atoms. The monoisotopic (exact) mass is 311 g/mol. The second-order valence-corrected chi connectivity index (χ2v) is 5.02. The highest BCUT2D eigenvalue weighted by Crippen LogP contribution is 2.11. The lowest BCUT2D eigenvalue weighted by Gasteiger charge is -2.14. The Balaban J connectivity index is 1.83. The summed E-state index contributed by atoms with van der Waals surface area (Å²) in [6.45, 7) is 1.50. The van der Waals surface area contributed by atoms with Gasteiger partial charge in [0.25, 0.3) is 5.91 Å². The first-order valence-corrected chi connectivity index (χ1v) is 7.17. The van der Waals surface area contributed by atoms with E-state index in [-0.39, 0.29) is 18.6 Å². The number of benzene rings is 2. The van der Waals surface area contributed by atoms with Gasteiger partial charge in [0.15, 0.2) is 6.61 Å². The van der Waals surface area contributed by atoms with E-state index in [1.807, 2.05) is 37.3 Å². The molecule has 1 N–H and O–H groups in total. The summed E-state index contributed by atoms with van der Waals surface area (Å²) in [5, 5.41) is 2.76. The van der Waals surface area contributed by atoms with Crippen LogP contribution in [0.2, 0.25) is 0 Å². The molecule has 0 spiro atoms. The molecule has 0 fully saturated rings. The number of hydrogen-bond donors (Lipinski definition) is 1. The number of nitrogens with one attached hydrogen (secondary N) is 1. The van der Waals surface area contributed by atoms with Gasteiger partial charge in [0.1, 0.15) is 6.29 Å². The van der Waals surface area contributed by atoms with Crippen LogP contribution in [-0.2, 0) is 9.53 Å². The van der Waals surface area contributed by atoms with Gasteiger partial charge in [0.05, 0.1) is 11.6 Å². The van der Waals surface area contributed by atoms with Crippen LogP contribution in [-0.4, -0.2) is 24.8 Å². The maximum Gasteiger partial charge on any atom is 0.338 e. The number of carbonyl (C=O) groups excluding carboxylic acids is 3. The number of rotatable bonds is 6. The second-order valence-electron chi connectivity index (χ2n) is 5.02. The van der Waals surface area contributed by atoms with Crippen molar-refractivity contribution in [2.24, 2.45) is 0 Å². The van der Waals surface area contributed by atoms with Crippen molar-refractivity contribution in [1.29, 1.82) is 0 Å². The van der Waals surface area contributed by atoms with E-state index in [4.69, 9.17) is 4.74 Å². The van der Waals surface area contributed by atoms with Gasteiger partial charge >= 0.3 is 5.97 Å². The van der Waals surface area contributed by atoms with Crippen LogP contribution in [0.1, 0.15) is 39.2 Å². The summed E-state index contributed by atoms with van der Waals surface area (Å²) in [6.07, 6.45) is 0.688. The molecule has 0 radical (unpaired) electrons. The van der Waals surface area contributed by atoms with Crippen LogP contribution in [0.4, 0.5) is 0 Å². The van der Waals surface area contributed by atoms with Crippen LogP contribution in [0.15, 0.2) is 54.6 Å². The highest BCUT2D eigenvalue weighted by atomic mass is 16.5. The minimum Gasteiger partial charge on any atom is -0.452 e. The summed E-state index contributed by atoms with van der Waals surface area (Å²) in [4.78, 5) is 34.2. The van der Waals surface area contributed by atoms with Crippen molar-refractivity contribution in [3.05, 3.63) is 71.3 Å². The predicted octanol–water partition coefficient (Wildman–Crippen LogP) is 2.53. The summed E-state index contributed by atoms with van der Waals surface area (Å²) in [5.41, 5.74) is 1.73. The highest BCUT2D eigenvalue weighted by molar-refractivity contribution is 5.92. The SMILES string of the molecule is C[C@@H](NC(=O)COC(=O)c1ccc(C=O)cc1)c1ccccc1. The molecule has 1 amide bonds. The Hall–Kier alpha value is -2.95. The Bertz CT molecular complexity index is 680. The molecule has 2 aromatic rings. The normalized spacial score (nSPS) is 11.3. The number of amides is 1. The van der Waals surface area contributed by atoms with Gasteiger partial charge in [-0.25, -0.2) is 4.79 Å². The predicted molar refractivity (Wildman–Crippen MR) is 85.1 cm³/mol. The molecule has 0 aliphatic carbocycles. The number of ether oxygens (including phenoxy) is 1. The topological polar surface area (TPSA) is 72.5 Å². The molecule has 0 aliphatic rings. The van der Waals surface area contributed by atoms with E-state index >= 15 is 0 Å². The zero-order valence-electron chi connectivity index (χ0n) is 12.7. The van der Waals surface area contributed by atoms with E-state index in [1.54, 1.807) is 0 Å². The lowest BCUT2D eigenvalue weighted by molar-refractivity contribution is -0.124. The molecule has 2 rings (SSSR count). The van der Waals surface area contributed by atoms with E-state index in [9.17, 15) is 14.4 Å². The molecule has 0 heterocycles. The van der Waals surface area contributed by atoms with Crippen LogP contribution in [0.5, 0.6) is 0 Å². The molecule has 0 unspecified atom stereocenters. The third-order valence-electron chi connectivity index (χ3n) is 3.29. The lowest BCUT2D eigenvalue weighted by Crippen LogP contribution is -2.31. The van der Waals surface area contributed by atoms with Gasteiger partial charge in [-0.1, -0.05) is 42.5 Å². The van der Waals surface area contributed by atoms with Crippen molar-refractivity contribution in [3.63, 3.8) is 0 Å². The number of aldehydes is 1. The van der Waals surface area contributed by atoms with Crippen LogP contribution >= 0.6 is 0 Å². The average molecular weight is 311 g/mol. The van der Waals surface area contributed by atoms with Gasteiger partial charge in [0.2, 0.25) is 0 Å². The zero-order chi connectivity index (χ0) is 16.7. The first-order chi connectivity index (χ1) is 11.1. The van der Waals surface area contributed by atoms with Crippen LogP contribution < -0.4 is 5.32 Å². The molecule has 0 saturated heterocycles. The second kappa shape index (κ2) is 7.89. The molecule has 2 aromatic carbocycles. The third-order valence-corrected chi connectivity index (χ3v) is 3.29. The largest absolute Gasteiger partial charge is 0.452 e. The highest BCUT2D eigenvalue weighted by Gasteiger charge is 2.13. The number of esters is 1. The van der Waals surface area contributed by atoms with Crippen molar-refractivity contribution < 1.29 is 19.1 Å². The lowest BCUT2D eigenvalue weighted by atomic mass is 10.1. The Morgan fingerprint density at radius 3 is 2.35 bits per heavy atom. The van der Waals surface area contributed by atoms with Crippen molar-refractivity contribution in [2.75, 3.05) is 6.61 Å². The van der Waals surface area contributed by atoms with Crippen molar-refractivity contribution in [1.82, 2.24) is 5.32 Å². The minimum atomic E-state index is -0.607. The molecule has 5 nitrogen and oxygen atoms in total. The fourth-order valence-electron chi connectivity index (χ4n) is 2.02.